The van der Waals surface area contributed by atoms with Crippen LogP contribution in [0.25, 0.3) is 16.9 Å². The molecule has 8 heteroatoms. The minimum Gasteiger partial charge on any atom is -0.380 e. The zero-order chi connectivity index (χ0) is 19.2. The summed E-state index contributed by atoms with van der Waals surface area (Å²) in [5, 5.41) is 0. The third-order valence-corrected chi connectivity index (χ3v) is 5.26. The van der Waals surface area contributed by atoms with Crippen molar-refractivity contribution in [3.8, 4) is 0 Å². The van der Waals surface area contributed by atoms with Gasteiger partial charge in [0.2, 0.25) is 5.78 Å². The molecule has 26 heavy (non-hydrogen) atoms. The second kappa shape index (κ2) is 6.75. The quantitative estimate of drug-likeness (QED) is 0.627. The number of imidazole rings is 2. The maximum atomic E-state index is 13.1. The van der Waals surface area contributed by atoms with Crippen molar-refractivity contribution in [2.24, 2.45) is 7.05 Å². The van der Waals surface area contributed by atoms with E-state index in [1.807, 2.05) is 25.2 Å². The lowest BCUT2D eigenvalue weighted by Gasteiger charge is -2.13. The topological polar surface area (TPSA) is 75.5 Å². The molecule has 0 amide bonds. The lowest BCUT2D eigenvalue weighted by atomic mass is 10.2. The average molecular weight is 361 g/mol. The van der Waals surface area contributed by atoms with E-state index in [9.17, 15) is 9.59 Å². The number of ether oxygens (including phenoxy) is 1. The molecule has 3 heterocycles. The number of nitrogens with zero attached hydrogens (tertiary/aromatic N) is 5. The van der Waals surface area contributed by atoms with Gasteiger partial charge < -0.3 is 9.30 Å². The van der Waals surface area contributed by atoms with Gasteiger partial charge in [-0.3, -0.25) is 18.3 Å². The van der Waals surface area contributed by atoms with E-state index in [0.717, 1.165) is 17.8 Å². The summed E-state index contributed by atoms with van der Waals surface area (Å²) < 4.78 is 12.0. The summed E-state index contributed by atoms with van der Waals surface area (Å²) in [4.78, 5) is 30.4. The standard InChI is InChI=1S/C18H27N5O3/c1-7-11(3)22-12(4)13(5)23-14-15(19-17(22)23)20(6)18(25)21(16(14)24)9-10-26-8-2/h11H,7-10H2,1-6H3. The molecule has 3 rings (SSSR count). The van der Waals surface area contributed by atoms with E-state index < -0.39 is 0 Å². The second-order valence-corrected chi connectivity index (χ2v) is 6.71. The predicted octanol–water partition coefficient (Wildman–Crippen LogP) is 1.77. The summed E-state index contributed by atoms with van der Waals surface area (Å²) in [6, 6.07) is 0.250. The van der Waals surface area contributed by atoms with Gasteiger partial charge in [-0.15, -0.1) is 0 Å². The number of hydrogen-bond acceptors (Lipinski definition) is 4. The Bertz CT molecular complexity index is 1080. The van der Waals surface area contributed by atoms with Gasteiger partial charge in [0.25, 0.3) is 5.56 Å². The van der Waals surface area contributed by atoms with Crippen LogP contribution in [0.5, 0.6) is 0 Å². The molecule has 0 fully saturated rings. The Morgan fingerprint density at radius 2 is 1.85 bits per heavy atom. The maximum absolute atomic E-state index is 13.1. The Labute approximate surface area is 151 Å². The molecule has 3 aromatic heterocycles. The highest BCUT2D eigenvalue weighted by Gasteiger charge is 2.23. The minimum atomic E-state index is -0.368. The molecule has 0 bridgehead atoms. The Morgan fingerprint density at radius 1 is 1.15 bits per heavy atom. The highest BCUT2D eigenvalue weighted by molar-refractivity contribution is 5.76. The fraction of sp³-hybridized carbons (Fsp3) is 0.611. The molecular weight excluding hydrogens is 334 g/mol. The van der Waals surface area contributed by atoms with Crippen molar-refractivity contribution in [3.05, 3.63) is 32.2 Å². The summed E-state index contributed by atoms with van der Waals surface area (Å²) in [6.07, 6.45) is 0.950. The summed E-state index contributed by atoms with van der Waals surface area (Å²) in [7, 11) is 1.66. The molecular formula is C18H27N5O3. The summed E-state index contributed by atoms with van der Waals surface area (Å²) in [6.45, 7) is 11.3. The first-order valence-corrected chi connectivity index (χ1v) is 9.12. The van der Waals surface area contributed by atoms with E-state index >= 15 is 0 Å². The van der Waals surface area contributed by atoms with Crippen molar-refractivity contribution in [2.45, 2.75) is 53.6 Å². The van der Waals surface area contributed by atoms with Crippen LogP contribution in [0.3, 0.4) is 0 Å². The van der Waals surface area contributed by atoms with Crippen LogP contribution in [0.2, 0.25) is 0 Å². The van der Waals surface area contributed by atoms with Crippen molar-refractivity contribution in [1.29, 1.82) is 0 Å². The fourth-order valence-corrected chi connectivity index (χ4v) is 3.48. The van der Waals surface area contributed by atoms with E-state index in [2.05, 4.69) is 23.4 Å². The first-order valence-electron chi connectivity index (χ1n) is 9.12. The van der Waals surface area contributed by atoms with Gasteiger partial charge in [-0.25, -0.2) is 4.79 Å². The number of aromatic nitrogens is 5. The molecule has 0 N–H and O–H groups in total. The van der Waals surface area contributed by atoms with Crippen LogP contribution >= 0.6 is 0 Å². The van der Waals surface area contributed by atoms with Gasteiger partial charge >= 0.3 is 5.69 Å². The molecule has 0 spiro atoms. The van der Waals surface area contributed by atoms with Gasteiger partial charge in [0.15, 0.2) is 11.2 Å². The smallest absolute Gasteiger partial charge is 0.332 e. The molecule has 0 aliphatic heterocycles. The lowest BCUT2D eigenvalue weighted by Crippen LogP contribution is -2.40. The Kier molecular flexibility index (Phi) is 4.79. The van der Waals surface area contributed by atoms with Gasteiger partial charge in [-0.1, -0.05) is 6.92 Å². The normalized spacial score (nSPS) is 13.2. The number of fused-ring (bicyclic) bond motifs is 3. The van der Waals surface area contributed by atoms with Gasteiger partial charge in [0.1, 0.15) is 0 Å². The van der Waals surface area contributed by atoms with E-state index in [-0.39, 0.29) is 23.8 Å². The molecule has 0 radical (unpaired) electrons. The monoisotopic (exact) mass is 361 g/mol. The van der Waals surface area contributed by atoms with Crippen molar-refractivity contribution >= 4 is 16.9 Å². The van der Waals surface area contributed by atoms with Crippen molar-refractivity contribution in [2.75, 3.05) is 13.2 Å². The highest BCUT2D eigenvalue weighted by atomic mass is 16.5. The fourth-order valence-electron chi connectivity index (χ4n) is 3.48. The molecule has 1 unspecified atom stereocenters. The number of aryl methyl sites for hydroxylation is 2. The third kappa shape index (κ3) is 2.51. The largest absolute Gasteiger partial charge is 0.380 e. The second-order valence-electron chi connectivity index (χ2n) is 6.71. The van der Waals surface area contributed by atoms with Gasteiger partial charge in [0.05, 0.1) is 13.2 Å². The third-order valence-electron chi connectivity index (χ3n) is 5.26. The van der Waals surface area contributed by atoms with Crippen LogP contribution in [0, 0.1) is 13.8 Å². The first kappa shape index (κ1) is 18.4. The molecule has 8 nitrogen and oxygen atoms in total. The van der Waals surface area contributed by atoms with Crippen LogP contribution < -0.4 is 11.2 Å². The van der Waals surface area contributed by atoms with Crippen LogP contribution in [0.1, 0.15) is 44.6 Å². The van der Waals surface area contributed by atoms with Crippen LogP contribution in [0.4, 0.5) is 0 Å². The maximum Gasteiger partial charge on any atom is 0.332 e. The Balaban J connectivity index is 2.40. The van der Waals surface area contributed by atoms with Crippen LogP contribution in [-0.2, 0) is 18.3 Å². The zero-order valence-electron chi connectivity index (χ0n) is 16.4. The van der Waals surface area contributed by atoms with E-state index in [0.29, 0.717) is 30.2 Å². The minimum absolute atomic E-state index is 0.229. The van der Waals surface area contributed by atoms with Gasteiger partial charge in [-0.05, 0) is 34.1 Å². The molecule has 0 aliphatic rings. The van der Waals surface area contributed by atoms with Crippen molar-refractivity contribution in [1.82, 2.24) is 23.1 Å². The Hall–Kier alpha value is -2.35. The van der Waals surface area contributed by atoms with E-state index in [1.54, 1.807) is 7.05 Å². The summed E-state index contributed by atoms with van der Waals surface area (Å²) in [5.41, 5.74) is 2.23. The van der Waals surface area contributed by atoms with Crippen molar-refractivity contribution in [3.63, 3.8) is 0 Å². The molecule has 0 aromatic carbocycles. The molecule has 142 valence electrons. The molecule has 0 saturated carbocycles. The van der Waals surface area contributed by atoms with Crippen LogP contribution in [0.15, 0.2) is 9.59 Å². The predicted molar refractivity (Wildman–Crippen MR) is 101 cm³/mol. The number of rotatable bonds is 6. The van der Waals surface area contributed by atoms with Gasteiger partial charge in [0, 0.05) is 31.1 Å². The van der Waals surface area contributed by atoms with E-state index in [1.165, 1.54) is 9.13 Å². The summed E-state index contributed by atoms with van der Waals surface area (Å²) in [5.74, 6) is 0.707. The SMILES string of the molecule is CCOCCn1c(=O)c2c(nc3n(C(C)CC)c(C)c(C)n23)n(C)c1=O. The van der Waals surface area contributed by atoms with Crippen LogP contribution in [-0.4, -0.2) is 36.3 Å². The van der Waals surface area contributed by atoms with E-state index in [4.69, 9.17) is 4.74 Å². The number of hydrogen-bond donors (Lipinski definition) is 0. The highest BCUT2D eigenvalue weighted by Crippen LogP contribution is 2.25. The molecule has 1 atom stereocenters. The first-order chi connectivity index (χ1) is 12.3. The molecule has 0 aliphatic carbocycles. The Morgan fingerprint density at radius 3 is 2.46 bits per heavy atom. The molecule has 0 saturated heterocycles. The summed E-state index contributed by atoms with van der Waals surface area (Å²) >= 11 is 0. The average Bonchev–Trinajstić information content (AvgIpc) is 3.12. The van der Waals surface area contributed by atoms with Gasteiger partial charge in [-0.2, -0.15) is 4.98 Å². The zero-order valence-corrected chi connectivity index (χ0v) is 16.4. The molecule has 3 aromatic rings. The lowest BCUT2D eigenvalue weighted by molar-refractivity contribution is 0.137. The van der Waals surface area contributed by atoms with Crippen molar-refractivity contribution < 1.29 is 4.74 Å².